The Kier molecular flexibility index (Phi) is 6.59. The summed E-state index contributed by atoms with van der Waals surface area (Å²) in [4.78, 5) is 0. The van der Waals surface area contributed by atoms with E-state index in [4.69, 9.17) is 4.74 Å². The van der Waals surface area contributed by atoms with Gasteiger partial charge in [0, 0.05) is 18.7 Å². The molecule has 0 fully saturated rings. The predicted octanol–water partition coefficient (Wildman–Crippen LogP) is 5.09. The van der Waals surface area contributed by atoms with Crippen molar-refractivity contribution in [1.29, 1.82) is 0 Å². The molecule has 3 aromatic carbocycles. The van der Waals surface area contributed by atoms with Crippen molar-refractivity contribution >= 4 is 23.2 Å². The number of fused-ring (bicyclic) bond motifs is 1. The first-order chi connectivity index (χ1) is 11.3. The Labute approximate surface area is 148 Å². The SMILES string of the molecule is CCOc1ccc2ccccc2c1CNCc1ccc(F)cc1.Cl. The summed E-state index contributed by atoms with van der Waals surface area (Å²) in [7, 11) is 0. The van der Waals surface area contributed by atoms with Crippen LogP contribution in [0.25, 0.3) is 10.8 Å². The van der Waals surface area contributed by atoms with Gasteiger partial charge < -0.3 is 10.1 Å². The van der Waals surface area contributed by atoms with E-state index in [1.165, 1.54) is 22.9 Å². The van der Waals surface area contributed by atoms with Crippen LogP contribution >= 0.6 is 12.4 Å². The first-order valence-corrected chi connectivity index (χ1v) is 7.86. The van der Waals surface area contributed by atoms with Crippen molar-refractivity contribution in [1.82, 2.24) is 5.32 Å². The summed E-state index contributed by atoms with van der Waals surface area (Å²) in [6.07, 6.45) is 0. The molecule has 0 aliphatic heterocycles. The van der Waals surface area contributed by atoms with Crippen molar-refractivity contribution in [2.75, 3.05) is 6.61 Å². The van der Waals surface area contributed by atoms with Crippen LogP contribution < -0.4 is 10.1 Å². The molecule has 0 bridgehead atoms. The molecular weight excluding hydrogens is 325 g/mol. The summed E-state index contributed by atoms with van der Waals surface area (Å²) in [6.45, 7) is 4.03. The molecule has 0 aromatic heterocycles. The third-order valence-corrected chi connectivity index (χ3v) is 3.84. The number of nitrogens with one attached hydrogen (secondary N) is 1. The van der Waals surface area contributed by atoms with E-state index in [1.54, 1.807) is 12.1 Å². The number of hydrogen-bond acceptors (Lipinski definition) is 2. The van der Waals surface area contributed by atoms with Crippen LogP contribution in [-0.4, -0.2) is 6.61 Å². The van der Waals surface area contributed by atoms with Gasteiger partial charge in [0.15, 0.2) is 0 Å². The van der Waals surface area contributed by atoms with Gasteiger partial charge in [-0.3, -0.25) is 0 Å². The highest BCUT2D eigenvalue weighted by Gasteiger charge is 2.08. The topological polar surface area (TPSA) is 21.3 Å². The molecule has 1 N–H and O–H groups in total. The lowest BCUT2D eigenvalue weighted by Gasteiger charge is -2.14. The minimum Gasteiger partial charge on any atom is -0.494 e. The van der Waals surface area contributed by atoms with Crippen molar-refractivity contribution in [3.8, 4) is 5.75 Å². The summed E-state index contributed by atoms with van der Waals surface area (Å²) >= 11 is 0. The normalized spacial score (nSPS) is 10.4. The van der Waals surface area contributed by atoms with Crippen molar-refractivity contribution < 1.29 is 9.13 Å². The Morgan fingerprint density at radius 1 is 0.917 bits per heavy atom. The highest BCUT2D eigenvalue weighted by Crippen LogP contribution is 2.28. The van der Waals surface area contributed by atoms with E-state index in [1.807, 2.05) is 25.1 Å². The molecule has 0 amide bonds. The molecule has 4 heteroatoms. The maximum Gasteiger partial charge on any atom is 0.124 e. The third kappa shape index (κ3) is 4.25. The van der Waals surface area contributed by atoms with Gasteiger partial charge in [0.25, 0.3) is 0 Å². The Morgan fingerprint density at radius 3 is 2.42 bits per heavy atom. The lowest BCUT2D eigenvalue weighted by atomic mass is 10.0. The van der Waals surface area contributed by atoms with E-state index >= 15 is 0 Å². The average Bonchev–Trinajstić information content (AvgIpc) is 2.58. The third-order valence-electron chi connectivity index (χ3n) is 3.84. The van der Waals surface area contributed by atoms with Gasteiger partial charge in [-0.2, -0.15) is 0 Å². The predicted molar refractivity (Wildman–Crippen MR) is 99.3 cm³/mol. The van der Waals surface area contributed by atoms with Crippen molar-refractivity contribution in [2.24, 2.45) is 0 Å². The highest BCUT2D eigenvalue weighted by atomic mass is 35.5. The molecule has 3 aromatic rings. The van der Waals surface area contributed by atoms with Crippen molar-refractivity contribution in [2.45, 2.75) is 20.0 Å². The summed E-state index contributed by atoms with van der Waals surface area (Å²) in [6, 6.07) is 19.0. The molecule has 3 rings (SSSR count). The van der Waals surface area contributed by atoms with Gasteiger partial charge in [-0.15, -0.1) is 12.4 Å². The smallest absolute Gasteiger partial charge is 0.124 e. The molecule has 0 unspecified atom stereocenters. The molecule has 0 atom stereocenters. The molecule has 0 aliphatic rings. The van der Waals surface area contributed by atoms with Crippen LogP contribution in [-0.2, 0) is 13.1 Å². The van der Waals surface area contributed by atoms with Gasteiger partial charge in [0.05, 0.1) is 6.61 Å². The Balaban J connectivity index is 0.00000208. The van der Waals surface area contributed by atoms with Gasteiger partial charge >= 0.3 is 0 Å². The molecule has 0 spiro atoms. The fourth-order valence-corrected chi connectivity index (χ4v) is 2.72. The zero-order valence-electron chi connectivity index (χ0n) is 13.6. The van der Waals surface area contributed by atoms with Crippen LogP contribution in [0.4, 0.5) is 4.39 Å². The zero-order chi connectivity index (χ0) is 16.1. The molecule has 0 saturated heterocycles. The molecule has 0 heterocycles. The number of halogens is 2. The van der Waals surface area contributed by atoms with Gasteiger partial charge in [-0.05, 0) is 41.5 Å². The fraction of sp³-hybridized carbons (Fsp3) is 0.200. The summed E-state index contributed by atoms with van der Waals surface area (Å²) in [5.74, 6) is 0.708. The Bertz CT molecular complexity index is 789. The molecular formula is C20H21ClFNO. The van der Waals surface area contributed by atoms with Gasteiger partial charge in [-0.1, -0.05) is 42.5 Å². The Morgan fingerprint density at radius 2 is 1.67 bits per heavy atom. The summed E-state index contributed by atoms with van der Waals surface area (Å²) < 4.78 is 18.7. The minimum absolute atomic E-state index is 0. The van der Waals surface area contributed by atoms with Gasteiger partial charge in [-0.25, -0.2) is 4.39 Å². The monoisotopic (exact) mass is 345 g/mol. The molecule has 0 radical (unpaired) electrons. The number of benzene rings is 3. The quantitative estimate of drug-likeness (QED) is 0.672. The van der Waals surface area contributed by atoms with Crippen LogP contribution in [0.5, 0.6) is 5.75 Å². The van der Waals surface area contributed by atoms with E-state index in [-0.39, 0.29) is 18.2 Å². The molecule has 2 nitrogen and oxygen atoms in total. The average molecular weight is 346 g/mol. The summed E-state index contributed by atoms with van der Waals surface area (Å²) in [5.41, 5.74) is 2.22. The molecule has 24 heavy (non-hydrogen) atoms. The van der Waals surface area contributed by atoms with Crippen LogP contribution in [0.1, 0.15) is 18.1 Å². The van der Waals surface area contributed by atoms with Gasteiger partial charge in [0.2, 0.25) is 0 Å². The van der Waals surface area contributed by atoms with Crippen LogP contribution in [0.15, 0.2) is 60.7 Å². The first kappa shape index (κ1) is 18.2. The minimum atomic E-state index is -0.207. The number of ether oxygens (including phenoxy) is 1. The molecule has 0 saturated carbocycles. The van der Waals surface area contributed by atoms with E-state index in [0.717, 1.165) is 16.9 Å². The fourth-order valence-electron chi connectivity index (χ4n) is 2.72. The summed E-state index contributed by atoms with van der Waals surface area (Å²) in [5, 5.41) is 5.83. The molecule has 0 aliphatic carbocycles. The maximum absolute atomic E-state index is 12.9. The number of rotatable bonds is 6. The van der Waals surface area contributed by atoms with E-state index < -0.39 is 0 Å². The lowest BCUT2D eigenvalue weighted by Crippen LogP contribution is -2.14. The van der Waals surface area contributed by atoms with Crippen molar-refractivity contribution in [3.63, 3.8) is 0 Å². The zero-order valence-corrected chi connectivity index (χ0v) is 14.4. The second kappa shape index (κ2) is 8.67. The highest BCUT2D eigenvalue weighted by molar-refractivity contribution is 5.87. The largest absolute Gasteiger partial charge is 0.494 e. The number of hydrogen-bond donors (Lipinski definition) is 1. The van der Waals surface area contributed by atoms with Crippen LogP contribution in [0.2, 0.25) is 0 Å². The second-order valence-electron chi connectivity index (χ2n) is 5.43. The van der Waals surface area contributed by atoms with E-state index in [0.29, 0.717) is 19.7 Å². The van der Waals surface area contributed by atoms with Crippen LogP contribution in [0.3, 0.4) is 0 Å². The van der Waals surface area contributed by atoms with E-state index in [9.17, 15) is 4.39 Å². The second-order valence-corrected chi connectivity index (χ2v) is 5.43. The van der Waals surface area contributed by atoms with Crippen molar-refractivity contribution in [3.05, 3.63) is 77.6 Å². The maximum atomic E-state index is 12.9. The first-order valence-electron chi connectivity index (χ1n) is 7.86. The standard InChI is InChI=1S/C20H20FNO.ClH/c1-2-23-20-12-9-16-5-3-4-6-18(16)19(20)14-22-13-15-7-10-17(21)11-8-15;/h3-12,22H,2,13-14H2,1H3;1H. The van der Waals surface area contributed by atoms with Gasteiger partial charge in [0.1, 0.15) is 11.6 Å². The lowest BCUT2D eigenvalue weighted by molar-refractivity contribution is 0.336. The Hall–Kier alpha value is -2.10. The molecule has 126 valence electrons. The van der Waals surface area contributed by atoms with Crippen LogP contribution in [0, 0.1) is 5.82 Å². The van der Waals surface area contributed by atoms with E-state index in [2.05, 4.69) is 23.5 Å².